The Bertz CT molecular complexity index is 710. The normalized spacial score (nSPS) is 10.4. The van der Waals surface area contributed by atoms with Gasteiger partial charge in [0.25, 0.3) is 5.91 Å². The summed E-state index contributed by atoms with van der Waals surface area (Å²) in [5, 5.41) is 13.7. The second-order valence-electron chi connectivity index (χ2n) is 6.33. The molecular formula is C18H23N3O5S. The lowest BCUT2D eigenvalue weighted by molar-refractivity contribution is -0.147. The van der Waals surface area contributed by atoms with Crippen LogP contribution in [-0.4, -0.2) is 42.5 Å². The van der Waals surface area contributed by atoms with Crippen LogP contribution in [0.4, 0.5) is 10.5 Å². The number of esters is 1. The number of nitrogens with zero attached hydrogens (tertiary/aromatic N) is 1. The Morgan fingerprint density at radius 3 is 2.59 bits per heavy atom. The third kappa shape index (κ3) is 10.1. The molecule has 27 heavy (non-hydrogen) atoms. The van der Waals surface area contributed by atoms with E-state index in [1.165, 1.54) is 11.8 Å². The lowest BCUT2D eigenvalue weighted by Gasteiger charge is -2.19. The maximum absolute atomic E-state index is 11.9. The monoisotopic (exact) mass is 393 g/mol. The minimum atomic E-state index is -0.625. The molecule has 0 saturated carbocycles. The molecule has 2 N–H and O–H groups in total. The number of alkyl carbamates (subject to hydrolysis) is 1. The van der Waals surface area contributed by atoms with Crippen molar-refractivity contribution < 1.29 is 23.9 Å². The summed E-state index contributed by atoms with van der Waals surface area (Å²) in [4.78, 5) is 35.8. The number of benzene rings is 1. The van der Waals surface area contributed by atoms with Crippen molar-refractivity contribution in [2.75, 3.05) is 24.2 Å². The summed E-state index contributed by atoms with van der Waals surface area (Å²) in [6, 6.07) is 9.05. The molecule has 1 rings (SSSR count). The molecule has 0 heterocycles. The number of nitrogens with one attached hydrogen (secondary N) is 2. The molecule has 0 saturated heterocycles. The van der Waals surface area contributed by atoms with Crippen molar-refractivity contribution >= 4 is 35.4 Å². The van der Waals surface area contributed by atoms with Crippen molar-refractivity contribution in [3.05, 3.63) is 24.3 Å². The zero-order chi connectivity index (χ0) is 20.3. The molecule has 0 aliphatic carbocycles. The fraction of sp³-hybridized carbons (Fsp3) is 0.444. The van der Waals surface area contributed by atoms with Gasteiger partial charge < -0.3 is 20.1 Å². The number of thioether (sulfide) groups is 1. The third-order valence-electron chi connectivity index (χ3n) is 2.81. The first-order valence-corrected chi connectivity index (χ1v) is 9.21. The molecule has 0 fully saturated rings. The summed E-state index contributed by atoms with van der Waals surface area (Å²) in [5.41, 5.74) is -0.0739. The van der Waals surface area contributed by atoms with Crippen LogP contribution in [0.15, 0.2) is 29.2 Å². The van der Waals surface area contributed by atoms with Gasteiger partial charge in [0, 0.05) is 11.4 Å². The van der Waals surface area contributed by atoms with Crippen LogP contribution in [-0.2, 0) is 19.1 Å². The van der Waals surface area contributed by atoms with Crippen molar-refractivity contribution in [1.82, 2.24) is 5.32 Å². The summed E-state index contributed by atoms with van der Waals surface area (Å²) in [7, 11) is 0. The molecule has 2 amide bonds. The van der Waals surface area contributed by atoms with Crippen LogP contribution in [0.3, 0.4) is 0 Å². The predicted molar refractivity (Wildman–Crippen MR) is 101 cm³/mol. The Labute approximate surface area is 162 Å². The maximum Gasteiger partial charge on any atom is 0.407 e. The van der Waals surface area contributed by atoms with Crippen LogP contribution in [0.2, 0.25) is 0 Å². The van der Waals surface area contributed by atoms with E-state index in [9.17, 15) is 14.4 Å². The minimum absolute atomic E-state index is 0.0446. The maximum atomic E-state index is 11.9. The molecule has 0 radical (unpaired) electrons. The topological polar surface area (TPSA) is 118 Å². The predicted octanol–water partition coefficient (Wildman–Crippen LogP) is 2.70. The molecule has 0 atom stereocenters. The van der Waals surface area contributed by atoms with Crippen molar-refractivity contribution in [3.63, 3.8) is 0 Å². The number of amides is 2. The Balaban J connectivity index is 2.33. The summed E-state index contributed by atoms with van der Waals surface area (Å²) >= 11 is 1.30. The van der Waals surface area contributed by atoms with Crippen LogP contribution in [0.1, 0.15) is 27.2 Å². The zero-order valence-corrected chi connectivity index (χ0v) is 16.4. The SMILES string of the molecule is CC(C)(C)OC(=O)NCCC(=O)OCC(=O)Nc1ccccc1SCC#N. The Morgan fingerprint density at radius 1 is 1.22 bits per heavy atom. The van der Waals surface area contributed by atoms with Gasteiger partial charge in [0.15, 0.2) is 6.61 Å². The number of anilines is 1. The Kier molecular flexibility index (Phi) is 9.16. The number of carbonyl (C=O) groups excluding carboxylic acids is 3. The lowest BCUT2D eigenvalue weighted by Crippen LogP contribution is -2.34. The fourth-order valence-corrected chi connectivity index (χ4v) is 2.46. The molecule has 1 aromatic rings. The second kappa shape index (κ2) is 11.1. The van der Waals surface area contributed by atoms with Gasteiger partial charge in [0.05, 0.1) is 23.9 Å². The van der Waals surface area contributed by atoms with Gasteiger partial charge in [-0.1, -0.05) is 12.1 Å². The van der Waals surface area contributed by atoms with E-state index in [-0.39, 0.29) is 18.7 Å². The Morgan fingerprint density at radius 2 is 1.93 bits per heavy atom. The summed E-state index contributed by atoms with van der Waals surface area (Å²) < 4.78 is 9.91. The average Bonchev–Trinajstić information content (AvgIpc) is 2.57. The van der Waals surface area contributed by atoms with Gasteiger partial charge in [-0.05, 0) is 32.9 Å². The number of para-hydroxylation sites is 1. The first kappa shape index (κ1) is 22.3. The number of hydrogen-bond acceptors (Lipinski definition) is 7. The zero-order valence-electron chi connectivity index (χ0n) is 15.5. The van der Waals surface area contributed by atoms with E-state index in [4.69, 9.17) is 14.7 Å². The Hall–Kier alpha value is -2.73. The van der Waals surface area contributed by atoms with Gasteiger partial charge in [-0.2, -0.15) is 5.26 Å². The molecule has 0 unspecified atom stereocenters. The molecule has 0 aliphatic heterocycles. The standard InChI is InChI=1S/C18H23N3O5S/c1-18(2,3)26-17(24)20-10-8-16(23)25-12-15(22)21-13-6-4-5-7-14(13)27-11-9-19/h4-7H,8,10-12H2,1-3H3,(H,20,24)(H,21,22). The average molecular weight is 393 g/mol. The molecule has 0 spiro atoms. The van der Waals surface area contributed by atoms with E-state index in [1.807, 2.05) is 6.07 Å². The van der Waals surface area contributed by atoms with Crippen LogP contribution < -0.4 is 10.6 Å². The van der Waals surface area contributed by atoms with Crippen LogP contribution in [0.5, 0.6) is 0 Å². The summed E-state index contributed by atoms with van der Waals surface area (Å²) in [6.07, 6.45) is -0.708. The smallest absolute Gasteiger partial charge is 0.407 e. The second-order valence-corrected chi connectivity index (χ2v) is 7.35. The van der Waals surface area contributed by atoms with E-state index >= 15 is 0 Å². The fourth-order valence-electron chi connectivity index (χ4n) is 1.79. The molecule has 0 bridgehead atoms. The molecule has 0 aromatic heterocycles. The van der Waals surface area contributed by atoms with Crippen molar-refractivity contribution in [1.29, 1.82) is 5.26 Å². The number of nitriles is 1. The molecule has 146 valence electrons. The molecule has 1 aromatic carbocycles. The van der Waals surface area contributed by atoms with Crippen LogP contribution in [0, 0.1) is 11.3 Å². The highest BCUT2D eigenvalue weighted by Crippen LogP contribution is 2.26. The van der Waals surface area contributed by atoms with Gasteiger partial charge in [-0.15, -0.1) is 11.8 Å². The van der Waals surface area contributed by atoms with Crippen LogP contribution >= 0.6 is 11.8 Å². The van der Waals surface area contributed by atoms with E-state index in [2.05, 4.69) is 10.6 Å². The molecule has 0 aliphatic rings. The number of carbonyl (C=O) groups is 3. The van der Waals surface area contributed by atoms with Gasteiger partial charge in [0.1, 0.15) is 5.60 Å². The highest BCUT2D eigenvalue weighted by atomic mass is 32.2. The first-order chi connectivity index (χ1) is 12.7. The lowest BCUT2D eigenvalue weighted by atomic mass is 10.2. The highest BCUT2D eigenvalue weighted by Gasteiger charge is 2.16. The van der Waals surface area contributed by atoms with Crippen molar-refractivity contribution in [3.8, 4) is 6.07 Å². The van der Waals surface area contributed by atoms with E-state index in [1.54, 1.807) is 45.0 Å². The quantitative estimate of drug-likeness (QED) is 0.515. The first-order valence-electron chi connectivity index (χ1n) is 8.22. The molecule has 9 heteroatoms. The van der Waals surface area contributed by atoms with E-state index in [0.29, 0.717) is 5.69 Å². The van der Waals surface area contributed by atoms with Crippen LogP contribution in [0.25, 0.3) is 0 Å². The van der Waals surface area contributed by atoms with E-state index < -0.39 is 30.2 Å². The van der Waals surface area contributed by atoms with Gasteiger partial charge >= 0.3 is 12.1 Å². The van der Waals surface area contributed by atoms with E-state index in [0.717, 1.165) is 4.90 Å². The molecule has 8 nitrogen and oxygen atoms in total. The largest absolute Gasteiger partial charge is 0.456 e. The highest BCUT2D eigenvalue weighted by molar-refractivity contribution is 7.99. The third-order valence-corrected chi connectivity index (χ3v) is 3.76. The number of rotatable bonds is 8. The van der Waals surface area contributed by atoms with Crippen molar-refractivity contribution in [2.45, 2.75) is 37.7 Å². The summed E-state index contributed by atoms with van der Waals surface area (Å²) in [6.45, 7) is 4.80. The number of hydrogen-bond donors (Lipinski definition) is 2. The van der Waals surface area contributed by atoms with Gasteiger partial charge in [-0.3, -0.25) is 9.59 Å². The van der Waals surface area contributed by atoms with Gasteiger partial charge in [0.2, 0.25) is 0 Å². The molecular weight excluding hydrogens is 370 g/mol. The number of ether oxygens (including phenoxy) is 2. The van der Waals surface area contributed by atoms with Crippen molar-refractivity contribution in [2.24, 2.45) is 0 Å². The minimum Gasteiger partial charge on any atom is -0.456 e. The summed E-state index contributed by atoms with van der Waals surface area (Å²) in [5.74, 6) is -0.853. The van der Waals surface area contributed by atoms with Gasteiger partial charge in [-0.25, -0.2) is 4.79 Å².